The number of nitrogens with zero attached hydrogens (tertiary/aromatic N) is 4. The van der Waals surface area contributed by atoms with Gasteiger partial charge in [0, 0.05) is 12.4 Å². The summed E-state index contributed by atoms with van der Waals surface area (Å²) in [6.45, 7) is 18.5. The molecule has 0 bridgehead atoms. The van der Waals surface area contributed by atoms with Gasteiger partial charge in [-0.05, 0) is 24.3 Å². The van der Waals surface area contributed by atoms with E-state index in [0.29, 0.717) is 11.4 Å². The maximum absolute atomic E-state index is 10.5. The van der Waals surface area contributed by atoms with Crippen molar-refractivity contribution in [3.05, 3.63) is 84.0 Å². The molecule has 6 nitrogen and oxygen atoms in total. The molecule has 0 aliphatic rings. The first-order valence-corrected chi connectivity index (χ1v) is 9.25. The van der Waals surface area contributed by atoms with Gasteiger partial charge in [-0.2, -0.15) is 26.2 Å². The maximum atomic E-state index is 10.5. The van der Waals surface area contributed by atoms with E-state index in [1.165, 1.54) is 0 Å². The smallest absolute Gasteiger partial charge is 0.871 e. The van der Waals surface area contributed by atoms with Gasteiger partial charge in [-0.1, -0.05) is 51.3 Å². The molecule has 2 rings (SSSR count). The zero-order valence-electron chi connectivity index (χ0n) is 18.0. The first kappa shape index (κ1) is 31.9. The number of hydrogen-bond donors (Lipinski definition) is 0. The van der Waals surface area contributed by atoms with E-state index in [2.05, 4.69) is 33.8 Å². The van der Waals surface area contributed by atoms with Crippen molar-refractivity contribution in [2.45, 2.75) is 27.7 Å². The van der Waals surface area contributed by atoms with Crippen molar-refractivity contribution in [3.8, 4) is 0 Å². The molecule has 7 heteroatoms. The van der Waals surface area contributed by atoms with Crippen LogP contribution >= 0.6 is 0 Å². The van der Waals surface area contributed by atoms with Crippen LogP contribution in [0.25, 0.3) is 22.2 Å². The van der Waals surface area contributed by atoms with Crippen LogP contribution in [0.3, 0.4) is 0 Å². The largest absolute Gasteiger partial charge is 4.00 e. The molecule has 0 aliphatic heterocycles. The van der Waals surface area contributed by atoms with E-state index in [9.17, 15) is 10.2 Å². The quantitative estimate of drug-likeness (QED) is 0.596. The Labute approximate surface area is 195 Å². The van der Waals surface area contributed by atoms with Crippen LogP contribution in [-0.2, 0) is 26.2 Å². The minimum absolute atomic E-state index is 0. The Morgan fingerprint density at radius 3 is 1.14 bits per heavy atom. The molecule has 2 heterocycles. The van der Waals surface area contributed by atoms with Gasteiger partial charge in [0.25, 0.3) is 0 Å². The van der Waals surface area contributed by atoms with Gasteiger partial charge in [0.05, 0.1) is 11.4 Å². The van der Waals surface area contributed by atoms with Gasteiger partial charge in [-0.3, -0.25) is 9.97 Å². The van der Waals surface area contributed by atoms with Gasteiger partial charge in [-0.15, -0.1) is 13.2 Å². The SMILES string of the molecule is C=C([O-])c1ccccn1.C=C([O-])c1ccccn1.CC[N-]CC.CC[N-]CC.[Zr+4]. The van der Waals surface area contributed by atoms with E-state index in [0.717, 1.165) is 26.2 Å². The van der Waals surface area contributed by atoms with Crippen LogP contribution in [0.2, 0.25) is 0 Å². The first-order chi connectivity index (χ1) is 13.4. The van der Waals surface area contributed by atoms with E-state index in [-0.39, 0.29) is 37.7 Å². The van der Waals surface area contributed by atoms with E-state index < -0.39 is 0 Å². The molecule has 0 atom stereocenters. The second-order valence-corrected chi connectivity index (χ2v) is 4.99. The summed E-state index contributed by atoms with van der Waals surface area (Å²) in [6, 6.07) is 10.3. The van der Waals surface area contributed by atoms with Gasteiger partial charge < -0.3 is 20.8 Å². The van der Waals surface area contributed by atoms with Crippen LogP contribution in [0, 0.1) is 0 Å². The summed E-state index contributed by atoms with van der Waals surface area (Å²) in [5.74, 6) is -0.480. The Bertz CT molecular complexity index is 551. The average Bonchev–Trinajstić information content (AvgIpc) is 2.72. The Hall–Kier alpha value is -1.82. The Morgan fingerprint density at radius 2 is 1.03 bits per heavy atom. The average molecular weight is 476 g/mol. The van der Waals surface area contributed by atoms with E-state index >= 15 is 0 Å². The van der Waals surface area contributed by atoms with Gasteiger partial charge >= 0.3 is 26.2 Å². The van der Waals surface area contributed by atoms with E-state index in [1.807, 2.05) is 27.7 Å². The summed E-state index contributed by atoms with van der Waals surface area (Å²) >= 11 is 0. The Balaban J connectivity index is -0.000000321. The predicted octanol–water partition coefficient (Wildman–Crippen LogP) is 3.62. The summed E-state index contributed by atoms with van der Waals surface area (Å²) in [5.41, 5.74) is 0.829. The molecule has 156 valence electrons. The van der Waals surface area contributed by atoms with Gasteiger partial charge in [-0.25, -0.2) is 0 Å². The molecule has 2 aromatic rings. The summed E-state index contributed by atoms with van der Waals surface area (Å²) in [4.78, 5) is 7.53. The van der Waals surface area contributed by atoms with Crippen LogP contribution in [0.4, 0.5) is 0 Å². The molecule has 0 amide bonds. The third kappa shape index (κ3) is 22.3. The zero-order valence-corrected chi connectivity index (χ0v) is 20.4. The number of rotatable bonds is 6. The molecule has 0 spiro atoms. The predicted molar refractivity (Wildman–Crippen MR) is 115 cm³/mol. The normalized spacial score (nSPS) is 8.41. The Kier molecular flexibility index (Phi) is 26.6. The fraction of sp³-hybridized carbons (Fsp3) is 0.364. The summed E-state index contributed by atoms with van der Waals surface area (Å²) in [6.07, 6.45) is 3.14. The van der Waals surface area contributed by atoms with Crippen LogP contribution in [0.15, 0.2) is 61.9 Å². The molecule has 0 fully saturated rings. The molecular formula is C22H32N4O2Zr. The van der Waals surface area contributed by atoms with Crippen LogP contribution in [-0.4, -0.2) is 36.1 Å². The fourth-order valence-corrected chi connectivity index (χ4v) is 1.50. The van der Waals surface area contributed by atoms with E-state index in [4.69, 9.17) is 0 Å². The minimum atomic E-state index is -0.240. The maximum Gasteiger partial charge on any atom is 4.00 e. The van der Waals surface area contributed by atoms with Crippen molar-refractivity contribution >= 4 is 11.5 Å². The molecular weight excluding hydrogens is 443 g/mol. The molecule has 0 saturated heterocycles. The van der Waals surface area contributed by atoms with Gasteiger partial charge in [0.2, 0.25) is 0 Å². The monoisotopic (exact) mass is 474 g/mol. The summed E-state index contributed by atoms with van der Waals surface area (Å²) in [7, 11) is 0. The van der Waals surface area contributed by atoms with Crippen LogP contribution in [0.1, 0.15) is 39.1 Å². The number of aromatic nitrogens is 2. The molecule has 29 heavy (non-hydrogen) atoms. The molecule has 0 unspecified atom stereocenters. The van der Waals surface area contributed by atoms with Gasteiger partial charge in [0.1, 0.15) is 0 Å². The topological polar surface area (TPSA) is 100 Å². The second-order valence-electron chi connectivity index (χ2n) is 4.99. The van der Waals surface area contributed by atoms with Gasteiger partial charge in [0.15, 0.2) is 0 Å². The van der Waals surface area contributed by atoms with E-state index in [1.54, 1.807) is 48.8 Å². The molecule has 0 N–H and O–H groups in total. The van der Waals surface area contributed by atoms with Crippen molar-refractivity contribution in [1.29, 1.82) is 0 Å². The van der Waals surface area contributed by atoms with Crippen LogP contribution in [0.5, 0.6) is 0 Å². The first-order valence-electron chi connectivity index (χ1n) is 9.25. The van der Waals surface area contributed by atoms with Crippen molar-refractivity contribution in [2.75, 3.05) is 26.2 Å². The third-order valence-electron chi connectivity index (χ3n) is 2.80. The summed E-state index contributed by atoms with van der Waals surface area (Å²) < 4.78 is 0. The van der Waals surface area contributed by atoms with Crippen molar-refractivity contribution in [1.82, 2.24) is 9.97 Å². The number of hydrogen-bond acceptors (Lipinski definition) is 4. The summed E-state index contributed by atoms with van der Waals surface area (Å²) in [5, 5.41) is 28.9. The third-order valence-corrected chi connectivity index (χ3v) is 2.80. The fourth-order valence-electron chi connectivity index (χ4n) is 1.50. The zero-order chi connectivity index (χ0) is 21.6. The molecule has 0 saturated carbocycles. The molecule has 2 aromatic heterocycles. The Morgan fingerprint density at radius 1 is 0.724 bits per heavy atom. The van der Waals surface area contributed by atoms with Crippen molar-refractivity contribution < 1.29 is 36.4 Å². The second kappa shape index (κ2) is 24.2. The number of pyridine rings is 2. The minimum Gasteiger partial charge on any atom is -0.871 e. The standard InChI is InChI=1S/2C7H7NO.2C4H10N.Zr/c2*1-6(9)7-4-2-3-5-8-7;2*1-3-5-4-2;/h2*2-5,9H,1H2;2*3-4H2,1-2H3;/q;;2*-1;+4/p-2. The molecule has 0 aliphatic carbocycles. The molecule has 0 aromatic carbocycles. The molecule has 0 radical (unpaired) electrons. The van der Waals surface area contributed by atoms with Crippen molar-refractivity contribution in [3.63, 3.8) is 0 Å². The van der Waals surface area contributed by atoms with Crippen molar-refractivity contribution in [2.24, 2.45) is 0 Å². The van der Waals surface area contributed by atoms with Crippen LogP contribution < -0.4 is 10.2 Å².